The topological polar surface area (TPSA) is 72.9 Å². The highest BCUT2D eigenvalue weighted by atomic mass is 16.5. The Labute approximate surface area is 131 Å². The van der Waals surface area contributed by atoms with E-state index in [1.54, 1.807) is 0 Å². The van der Waals surface area contributed by atoms with Crippen molar-refractivity contribution in [2.24, 2.45) is 11.3 Å². The maximum atomic E-state index is 12.8. The first kappa shape index (κ1) is 18.4. The van der Waals surface area contributed by atoms with Crippen LogP contribution in [0.3, 0.4) is 0 Å². The molecule has 1 aliphatic heterocycles. The van der Waals surface area contributed by atoms with E-state index in [4.69, 9.17) is 9.47 Å². The van der Waals surface area contributed by atoms with Gasteiger partial charge in [-0.05, 0) is 13.3 Å². The summed E-state index contributed by atoms with van der Waals surface area (Å²) < 4.78 is 10.4. The summed E-state index contributed by atoms with van der Waals surface area (Å²) in [4.78, 5) is 37.9. The summed E-state index contributed by atoms with van der Waals surface area (Å²) in [6.45, 7) is 10.7. The molecule has 0 saturated carbocycles. The fourth-order valence-electron chi connectivity index (χ4n) is 2.55. The first-order valence-electron chi connectivity index (χ1n) is 7.28. The average Bonchev–Trinajstić information content (AvgIpc) is 2.87. The zero-order chi connectivity index (χ0) is 17.1. The molecule has 0 N–H and O–H groups in total. The predicted molar refractivity (Wildman–Crippen MR) is 80.8 cm³/mol. The number of hydrogen-bond acceptors (Lipinski definition) is 5. The van der Waals surface area contributed by atoms with Crippen LogP contribution in [0, 0.1) is 11.3 Å². The Hall–Kier alpha value is -1.69. The Bertz CT molecular complexity index is 466. The lowest BCUT2D eigenvalue weighted by Gasteiger charge is -2.36. The molecule has 0 aliphatic carbocycles. The van der Waals surface area contributed by atoms with E-state index in [1.165, 1.54) is 25.0 Å². The maximum absolute atomic E-state index is 12.8. The van der Waals surface area contributed by atoms with Crippen molar-refractivity contribution in [2.75, 3.05) is 13.7 Å². The lowest BCUT2D eigenvalue weighted by molar-refractivity contribution is -0.159. The molecule has 0 aromatic rings. The molecule has 1 aliphatic rings. The van der Waals surface area contributed by atoms with Crippen LogP contribution in [0.15, 0.2) is 12.7 Å². The Morgan fingerprint density at radius 2 is 2.00 bits per heavy atom. The van der Waals surface area contributed by atoms with Crippen molar-refractivity contribution in [3.63, 3.8) is 0 Å². The number of nitrogens with zero attached hydrogens (tertiary/aromatic N) is 1. The number of ether oxygens (including phenoxy) is 2. The van der Waals surface area contributed by atoms with E-state index in [2.05, 4.69) is 6.58 Å². The van der Waals surface area contributed by atoms with Crippen molar-refractivity contribution in [3.05, 3.63) is 12.7 Å². The molecule has 0 spiro atoms. The van der Waals surface area contributed by atoms with Gasteiger partial charge in [-0.3, -0.25) is 14.5 Å². The molecule has 0 radical (unpaired) electrons. The van der Waals surface area contributed by atoms with Gasteiger partial charge in [0.2, 0.25) is 5.91 Å². The summed E-state index contributed by atoms with van der Waals surface area (Å²) in [6.07, 6.45) is 1.17. The zero-order valence-corrected chi connectivity index (χ0v) is 13.9. The molecule has 1 rings (SSSR count). The molecule has 6 heteroatoms. The second-order valence-corrected chi connectivity index (χ2v) is 6.52. The quantitative estimate of drug-likeness (QED) is 0.437. The van der Waals surface area contributed by atoms with Crippen LogP contribution in [0.2, 0.25) is 0 Å². The summed E-state index contributed by atoms with van der Waals surface area (Å²) in [5.41, 5.74) is -0.395. The van der Waals surface area contributed by atoms with Gasteiger partial charge in [-0.25, -0.2) is 4.79 Å². The number of hydrogen-bond donors (Lipinski definition) is 0. The molecule has 6 nitrogen and oxygen atoms in total. The molecule has 22 heavy (non-hydrogen) atoms. The van der Waals surface area contributed by atoms with Gasteiger partial charge in [-0.2, -0.15) is 0 Å². The Morgan fingerprint density at radius 1 is 1.41 bits per heavy atom. The molecule has 1 heterocycles. The minimum absolute atomic E-state index is 0.0685. The minimum Gasteiger partial charge on any atom is -0.467 e. The van der Waals surface area contributed by atoms with Crippen LogP contribution in [0.1, 0.15) is 34.1 Å². The smallest absolute Gasteiger partial charge is 0.331 e. The van der Waals surface area contributed by atoms with Crippen molar-refractivity contribution >= 4 is 17.7 Å². The first-order chi connectivity index (χ1) is 10.1. The van der Waals surface area contributed by atoms with Crippen LogP contribution in [0.4, 0.5) is 0 Å². The van der Waals surface area contributed by atoms with Gasteiger partial charge in [-0.15, -0.1) is 6.58 Å². The van der Waals surface area contributed by atoms with Crippen LogP contribution in [-0.2, 0) is 23.9 Å². The van der Waals surface area contributed by atoms with Crippen LogP contribution in [-0.4, -0.2) is 48.5 Å². The number of ketones is 1. The van der Waals surface area contributed by atoms with E-state index in [0.29, 0.717) is 0 Å². The van der Waals surface area contributed by atoms with E-state index in [0.717, 1.165) is 0 Å². The molecule has 0 bridgehead atoms. The van der Waals surface area contributed by atoms with Crippen molar-refractivity contribution in [3.8, 4) is 0 Å². The number of rotatable bonds is 5. The summed E-state index contributed by atoms with van der Waals surface area (Å²) in [5, 5.41) is 0. The number of Topliss-reactive ketones (excluding diaryl/α,β-unsaturated/α-hetero) is 1. The van der Waals surface area contributed by atoms with Crippen LogP contribution < -0.4 is 0 Å². The molecular weight excluding hydrogens is 286 g/mol. The third-order valence-corrected chi connectivity index (χ3v) is 3.66. The summed E-state index contributed by atoms with van der Waals surface area (Å²) >= 11 is 0. The van der Waals surface area contributed by atoms with E-state index in [9.17, 15) is 14.4 Å². The molecule has 124 valence electrons. The molecule has 3 atom stereocenters. The number of carbonyl (C=O) groups is 3. The van der Waals surface area contributed by atoms with Gasteiger partial charge in [0, 0.05) is 5.41 Å². The van der Waals surface area contributed by atoms with E-state index in [1.807, 2.05) is 20.8 Å². The van der Waals surface area contributed by atoms with Gasteiger partial charge in [0.05, 0.1) is 19.6 Å². The van der Waals surface area contributed by atoms with Gasteiger partial charge in [0.1, 0.15) is 12.0 Å². The second-order valence-electron chi connectivity index (χ2n) is 6.52. The van der Waals surface area contributed by atoms with Gasteiger partial charge >= 0.3 is 5.97 Å². The summed E-state index contributed by atoms with van der Waals surface area (Å²) in [6, 6.07) is -0.826. The van der Waals surface area contributed by atoms with Crippen LogP contribution >= 0.6 is 0 Å². The number of esters is 1. The molecule has 1 amide bonds. The van der Waals surface area contributed by atoms with E-state index >= 15 is 0 Å². The lowest BCUT2D eigenvalue weighted by Crippen LogP contribution is -2.53. The molecule has 0 aromatic heterocycles. The van der Waals surface area contributed by atoms with Crippen LogP contribution in [0.5, 0.6) is 0 Å². The average molecular weight is 311 g/mol. The van der Waals surface area contributed by atoms with E-state index in [-0.39, 0.29) is 18.8 Å². The Kier molecular flexibility index (Phi) is 5.88. The normalized spacial score (nSPS) is 23.0. The van der Waals surface area contributed by atoms with Gasteiger partial charge in [0.15, 0.2) is 6.04 Å². The van der Waals surface area contributed by atoms with Crippen molar-refractivity contribution in [1.29, 1.82) is 0 Å². The first-order valence-corrected chi connectivity index (χ1v) is 7.28. The number of methoxy groups -OCH3 is 1. The molecule has 0 aromatic carbocycles. The highest BCUT2D eigenvalue weighted by molar-refractivity contribution is 6.01. The minimum atomic E-state index is -0.851. The Balaban J connectivity index is 3.18. The predicted octanol–water partition coefficient (Wildman–Crippen LogP) is 1.54. The maximum Gasteiger partial charge on any atom is 0.331 e. The summed E-state index contributed by atoms with van der Waals surface area (Å²) in [7, 11) is 1.27. The lowest BCUT2D eigenvalue weighted by atomic mass is 9.91. The monoisotopic (exact) mass is 311 g/mol. The third-order valence-electron chi connectivity index (χ3n) is 3.66. The van der Waals surface area contributed by atoms with Crippen molar-refractivity contribution in [1.82, 2.24) is 4.90 Å². The fraction of sp³-hybridized carbons (Fsp3) is 0.688. The number of amides is 1. The molecule has 1 saturated heterocycles. The SMILES string of the molecule is C=CCC(C(C)=O)C(=O)N1[C@H](C(C)(C)C)OC[C@H]1C(=O)OC. The van der Waals surface area contributed by atoms with Crippen LogP contribution in [0.25, 0.3) is 0 Å². The molecule has 1 fully saturated rings. The van der Waals surface area contributed by atoms with Crippen molar-refractivity contribution in [2.45, 2.75) is 46.4 Å². The fourth-order valence-corrected chi connectivity index (χ4v) is 2.55. The summed E-state index contributed by atoms with van der Waals surface area (Å²) in [5.74, 6) is -2.06. The van der Waals surface area contributed by atoms with Gasteiger partial charge in [-0.1, -0.05) is 26.8 Å². The largest absolute Gasteiger partial charge is 0.467 e. The molecule has 1 unspecified atom stereocenters. The van der Waals surface area contributed by atoms with Gasteiger partial charge < -0.3 is 9.47 Å². The van der Waals surface area contributed by atoms with Gasteiger partial charge in [0.25, 0.3) is 0 Å². The van der Waals surface area contributed by atoms with Crippen molar-refractivity contribution < 1.29 is 23.9 Å². The second kappa shape index (κ2) is 7.05. The zero-order valence-electron chi connectivity index (χ0n) is 13.9. The Morgan fingerprint density at radius 3 is 2.41 bits per heavy atom. The van der Waals surface area contributed by atoms with E-state index < -0.39 is 35.5 Å². The standard InChI is InChI=1S/C16H25NO5/c1-7-8-11(10(2)18)13(19)17-12(14(20)21-6)9-22-15(17)16(3,4)5/h7,11-12,15H,1,8-9H2,2-6H3/t11?,12-,15-/m0/s1. The molecular formula is C16H25NO5. The number of allylic oxidation sites excluding steroid dienone is 1. The highest BCUT2D eigenvalue weighted by Crippen LogP contribution is 2.33. The third kappa shape index (κ3) is 3.74. The highest BCUT2D eigenvalue weighted by Gasteiger charge is 2.49. The number of carbonyl (C=O) groups excluding carboxylic acids is 3.